The molecule has 1 N–H and O–H groups in total. The van der Waals surface area contributed by atoms with Crippen LogP contribution in [0.3, 0.4) is 0 Å². The van der Waals surface area contributed by atoms with Crippen LogP contribution in [0.4, 0.5) is 0 Å². The molecule has 2 aromatic carbocycles. The van der Waals surface area contributed by atoms with Gasteiger partial charge in [-0.1, -0.05) is 54.6 Å². The van der Waals surface area contributed by atoms with Crippen LogP contribution < -0.4 is 5.32 Å². The highest BCUT2D eigenvalue weighted by Crippen LogP contribution is 2.37. The number of aryl methyl sites for hydroxylation is 1. The summed E-state index contributed by atoms with van der Waals surface area (Å²) in [4.78, 5) is 18.5. The average molecular weight is 462 g/mol. The summed E-state index contributed by atoms with van der Waals surface area (Å²) in [5, 5.41) is 3.12. The second-order valence-corrected chi connectivity index (χ2v) is 10.9. The van der Waals surface area contributed by atoms with E-state index >= 15 is 0 Å². The minimum atomic E-state index is -2.77. The van der Waals surface area contributed by atoms with E-state index in [0.29, 0.717) is 11.4 Å². The third kappa shape index (κ3) is 5.18. The molecular weight excluding hydrogens is 430 g/mol. The van der Waals surface area contributed by atoms with Crippen LogP contribution in [-0.4, -0.2) is 31.8 Å². The number of aromatic nitrogens is 1. The number of benzene rings is 2. The van der Waals surface area contributed by atoms with Gasteiger partial charge in [-0.25, -0.2) is 8.51 Å². The SMILES string of the molecule is C=S(=O)(c1ccccc1)N1CC(C(=O)NC(C)c2cccc(C)n2)CCC1c1ccccc1. The second-order valence-electron chi connectivity index (χ2n) is 8.69. The zero-order valence-electron chi connectivity index (χ0n) is 19.2. The average Bonchev–Trinajstić information content (AvgIpc) is 2.84. The highest BCUT2D eigenvalue weighted by molar-refractivity contribution is 7.98. The van der Waals surface area contributed by atoms with Crippen molar-refractivity contribution in [1.29, 1.82) is 0 Å². The minimum Gasteiger partial charge on any atom is -0.348 e. The van der Waals surface area contributed by atoms with E-state index in [0.717, 1.165) is 29.8 Å². The molecule has 0 aliphatic carbocycles. The summed E-state index contributed by atoms with van der Waals surface area (Å²) in [6.45, 7) is 4.27. The van der Waals surface area contributed by atoms with Crippen molar-refractivity contribution in [3.63, 3.8) is 0 Å². The largest absolute Gasteiger partial charge is 0.348 e. The standard InChI is InChI=1S/C27H31N3O2S/c1-20-11-10-16-25(28-20)21(2)29-27(31)23-17-18-26(22-12-6-4-7-13-22)30(19-23)33(3,32)24-14-8-5-9-15-24/h4-16,21,23,26H,3,17-19H2,1-2H3,(H,29,31). The van der Waals surface area contributed by atoms with Gasteiger partial charge in [0.25, 0.3) is 0 Å². The fraction of sp³-hybridized carbons (Fsp3) is 0.296. The Kier molecular flexibility index (Phi) is 6.96. The number of piperidine rings is 1. The quantitative estimate of drug-likeness (QED) is 0.541. The van der Waals surface area contributed by atoms with E-state index in [9.17, 15) is 9.00 Å². The number of amides is 1. The van der Waals surface area contributed by atoms with E-state index in [2.05, 4.69) is 28.3 Å². The van der Waals surface area contributed by atoms with Crippen molar-refractivity contribution in [1.82, 2.24) is 14.6 Å². The monoisotopic (exact) mass is 461 g/mol. The first kappa shape index (κ1) is 23.2. The van der Waals surface area contributed by atoms with Gasteiger partial charge < -0.3 is 5.32 Å². The molecule has 1 amide bonds. The molecule has 1 aromatic heterocycles. The van der Waals surface area contributed by atoms with E-state index in [1.165, 1.54) is 0 Å². The lowest BCUT2D eigenvalue weighted by atomic mass is 9.90. The number of carbonyl (C=O) groups is 1. The van der Waals surface area contributed by atoms with Gasteiger partial charge in [0.2, 0.25) is 5.91 Å². The lowest BCUT2D eigenvalue weighted by molar-refractivity contribution is -0.127. The summed E-state index contributed by atoms with van der Waals surface area (Å²) in [5.74, 6) is 3.85. The van der Waals surface area contributed by atoms with E-state index in [1.807, 2.05) is 84.9 Å². The van der Waals surface area contributed by atoms with Gasteiger partial charge in [0.05, 0.1) is 27.4 Å². The minimum absolute atomic E-state index is 0.0365. The van der Waals surface area contributed by atoms with Crippen LogP contribution in [0.1, 0.15) is 48.8 Å². The van der Waals surface area contributed by atoms with Gasteiger partial charge in [-0.05, 0) is 62.4 Å². The van der Waals surface area contributed by atoms with Crippen LogP contribution in [0.2, 0.25) is 0 Å². The molecule has 33 heavy (non-hydrogen) atoms. The molecule has 5 nitrogen and oxygen atoms in total. The lowest BCUT2D eigenvalue weighted by Gasteiger charge is -2.41. The topological polar surface area (TPSA) is 62.3 Å². The normalized spacial score (nSPS) is 21.6. The summed E-state index contributed by atoms with van der Waals surface area (Å²) < 4.78 is 16.0. The predicted octanol–water partition coefficient (Wildman–Crippen LogP) is 4.71. The van der Waals surface area contributed by atoms with Gasteiger partial charge in [0.15, 0.2) is 0 Å². The maximum Gasteiger partial charge on any atom is 0.224 e. The Labute approximate surface area is 197 Å². The number of pyridine rings is 1. The molecule has 1 fully saturated rings. The van der Waals surface area contributed by atoms with Crippen molar-refractivity contribution < 1.29 is 9.00 Å². The molecule has 0 bridgehead atoms. The molecule has 4 rings (SSSR count). The molecule has 0 radical (unpaired) electrons. The smallest absolute Gasteiger partial charge is 0.224 e. The van der Waals surface area contributed by atoms with Gasteiger partial charge in [-0.3, -0.25) is 9.78 Å². The Morgan fingerprint density at radius 1 is 1.03 bits per heavy atom. The highest BCUT2D eigenvalue weighted by Gasteiger charge is 2.37. The number of rotatable bonds is 6. The van der Waals surface area contributed by atoms with E-state index in [-0.39, 0.29) is 23.9 Å². The van der Waals surface area contributed by atoms with Crippen molar-refractivity contribution >= 4 is 21.5 Å². The Bertz CT molecular complexity index is 1200. The zero-order valence-corrected chi connectivity index (χ0v) is 20.0. The van der Waals surface area contributed by atoms with Gasteiger partial charge in [-0.2, -0.15) is 0 Å². The van der Waals surface area contributed by atoms with Crippen LogP contribution in [0.25, 0.3) is 0 Å². The van der Waals surface area contributed by atoms with Gasteiger partial charge in [0.1, 0.15) is 0 Å². The van der Waals surface area contributed by atoms with E-state index in [1.54, 1.807) is 0 Å². The summed E-state index contributed by atoms with van der Waals surface area (Å²) in [6, 6.07) is 25.0. The lowest BCUT2D eigenvalue weighted by Crippen LogP contribution is -2.47. The number of nitrogens with one attached hydrogen (secondary N) is 1. The molecule has 1 aliphatic heterocycles. The zero-order chi connectivity index (χ0) is 23.4. The van der Waals surface area contributed by atoms with Crippen molar-refractivity contribution in [2.45, 2.75) is 43.7 Å². The predicted molar refractivity (Wildman–Crippen MR) is 134 cm³/mol. The first-order valence-corrected chi connectivity index (χ1v) is 13.0. The van der Waals surface area contributed by atoms with Crippen molar-refractivity contribution in [3.05, 3.63) is 95.8 Å². The van der Waals surface area contributed by atoms with Gasteiger partial charge in [-0.15, -0.1) is 0 Å². The summed E-state index contributed by atoms with van der Waals surface area (Å²) >= 11 is 0. The first-order valence-electron chi connectivity index (χ1n) is 11.3. The summed E-state index contributed by atoms with van der Waals surface area (Å²) in [7, 11) is -2.77. The van der Waals surface area contributed by atoms with Crippen molar-refractivity contribution in [2.24, 2.45) is 5.92 Å². The number of carbonyl (C=O) groups excluding carboxylic acids is 1. The molecular formula is C27H31N3O2S. The molecule has 1 aliphatic rings. The molecule has 6 heteroatoms. The number of hydrogen-bond acceptors (Lipinski definition) is 3. The van der Waals surface area contributed by atoms with Crippen LogP contribution >= 0.6 is 0 Å². The Balaban J connectivity index is 1.58. The fourth-order valence-electron chi connectivity index (χ4n) is 4.47. The molecule has 2 heterocycles. The molecule has 172 valence electrons. The van der Waals surface area contributed by atoms with Crippen LogP contribution in [0.15, 0.2) is 83.8 Å². The van der Waals surface area contributed by atoms with Gasteiger partial charge in [0, 0.05) is 23.2 Å². The second kappa shape index (κ2) is 9.89. The molecule has 3 aromatic rings. The maximum absolute atomic E-state index is 14.0. The number of hydrogen-bond donors (Lipinski definition) is 1. The molecule has 1 saturated heterocycles. The van der Waals surface area contributed by atoms with E-state index < -0.39 is 9.71 Å². The van der Waals surface area contributed by atoms with E-state index in [4.69, 9.17) is 0 Å². The Morgan fingerprint density at radius 2 is 1.70 bits per heavy atom. The van der Waals surface area contributed by atoms with Crippen molar-refractivity contribution in [3.8, 4) is 0 Å². The van der Waals surface area contributed by atoms with Crippen molar-refractivity contribution in [2.75, 3.05) is 6.54 Å². The third-order valence-corrected chi connectivity index (χ3v) is 8.46. The molecule has 0 saturated carbocycles. The number of nitrogens with zero attached hydrogens (tertiary/aromatic N) is 2. The summed E-state index contributed by atoms with van der Waals surface area (Å²) in [5.41, 5.74) is 2.85. The summed E-state index contributed by atoms with van der Waals surface area (Å²) in [6.07, 6.45) is 1.46. The third-order valence-electron chi connectivity index (χ3n) is 6.29. The Morgan fingerprint density at radius 3 is 2.36 bits per heavy atom. The first-order chi connectivity index (χ1) is 15.9. The molecule has 0 spiro atoms. The molecule has 4 atom stereocenters. The highest BCUT2D eigenvalue weighted by atomic mass is 32.2. The fourth-order valence-corrected chi connectivity index (χ4v) is 6.38. The maximum atomic E-state index is 14.0. The van der Waals surface area contributed by atoms with Crippen LogP contribution in [0, 0.1) is 12.8 Å². The van der Waals surface area contributed by atoms with Crippen LogP contribution in [0.5, 0.6) is 0 Å². The van der Waals surface area contributed by atoms with Crippen LogP contribution in [-0.2, 0) is 14.5 Å². The Hall–Kier alpha value is -2.96. The van der Waals surface area contributed by atoms with Gasteiger partial charge >= 0.3 is 0 Å². The molecule has 4 unspecified atom stereocenters.